The Labute approximate surface area is 211 Å². The number of carboxylic acids is 1. The van der Waals surface area contributed by atoms with E-state index < -0.39 is 24.5 Å². The van der Waals surface area contributed by atoms with Crippen LogP contribution in [0.4, 0.5) is 11.4 Å². The van der Waals surface area contributed by atoms with Crippen LogP contribution in [0.25, 0.3) is 0 Å². The Morgan fingerprint density at radius 2 is 2.00 bits per heavy atom. The normalized spacial score (nSPS) is 24.2. The molecule has 1 aromatic heterocycles. The molecule has 0 radical (unpaired) electrons. The highest BCUT2D eigenvalue weighted by atomic mass is 35.5. The lowest BCUT2D eigenvalue weighted by molar-refractivity contribution is -0.140. The number of pyridine rings is 1. The van der Waals surface area contributed by atoms with Crippen molar-refractivity contribution in [3.05, 3.63) is 64.5 Å². The first-order valence-electron chi connectivity index (χ1n) is 11.5. The Hall–Kier alpha value is -3.76. The predicted octanol–water partition coefficient (Wildman–Crippen LogP) is 1.68. The molecular formula is C25H24ClN5O5. The minimum absolute atomic E-state index is 0.109. The van der Waals surface area contributed by atoms with Gasteiger partial charge < -0.3 is 26.6 Å². The number of aliphatic hydroxyl groups is 1. The number of benzene rings is 1. The van der Waals surface area contributed by atoms with Gasteiger partial charge in [0, 0.05) is 24.2 Å². The van der Waals surface area contributed by atoms with Crippen molar-refractivity contribution in [2.24, 2.45) is 28.5 Å². The minimum atomic E-state index is -1.40. The Bertz CT molecular complexity index is 1330. The summed E-state index contributed by atoms with van der Waals surface area (Å²) < 4.78 is 0. The van der Waals surface area contributed by atoms with Crippen molar-refractivity contribution < 1.29 is 24.6 Å². The molecule has 6 N–H and O–H groups in total. The largest absolute Gasteiger partial charge is 0.480 e. The summed E-state index contributed by atoms with van der Waals surface area (Å²) >= 11 is 6.51. The van der Waals surface area contributed by atoms with E-state index in [1.165, 1.54) is 0 Å². The maximum absolute atomic E-state index is 12.5. The van der Waals surface area contributed by atoms with E-state index in [0.717, 1.165) is 6.42 Å². The Morgan fingerprint density at radius 3 is 2.72 bits per heavy atom. The molecule has 1 fully saturated rings. The predicted molar refractivity (Wildman–Crippen MR) is 132 cm³/mol. The lowest BCUT2D eigenvalue weighted by atomic mass is 9.88. The molecule has 2 aliphatic carbocycles. The van der Waals surface area contributed by atoms with Crippen LogP contribution < -0.4 is 16.4 Å². The first kappa shape index (κ1) is 24.0. The summed E-state index contributed by atoms with van der Waals surface area (Å²) in [6.45, 7) is -0.722. The molecule has 5 rings (SSSR count). The van der Waals surface area contributed by atoms with Gasteiger partial charge in [0.05, 0.1) is 34.6 Å². The third-order valence-corrected chi connectivity index (χ3v) is 7.29. The van der Waals surface area contributed by atoms with Crippen molar-refractivity contribution in [1.82, 2.24) is 10.3 Å². The number of aliphatic imine (C=N–C) groups is 1. The molecule has 5 atom stereocenters. The Kier molecular flexibility index (Phi) is 6.23. The van der Waals surface area contributed by atoms with Gasteiger partial charge in [-0.05, 0) is 36.0 Å². The van der Waals surface area contributed by atoms with Crippen LogP contribution in [0.15, 0.2) is 47.6 Å². The highest BCUT2D eigenvalue weighted by Crippen LogP contribution is 2.47. The van der Waals surface area contributed by atoms with Crippen LogP contribution in [0.3, 0.4) is 0 Å². The molecule has 3 aliphatic rings. The van der Waals surface area contributed by atoms with Gasteiger partial charge in [-0.1, -0.05) is 35.9 Å². The van der Waals surface area contributed by atoms with E-state index >= 15 is 0 Å². The number of carbonyl (C=O) groups excluding carboxylic acids is 2. The van der Waals surface area contributed by atoms with Gasteiger partial charge in [-0.15, -0.1) is 0 Å². The van der Waals surface area contributed by atoms with E-state index in [0.29, 0.717) is 39.8 Å². The second kappa shape index (κ2) is 9.36. The van der Waals surface area contributed by atoms with E-state index in [2.05, 4.69) is 27.8 Å². The van der Waals surface area contributed by atoms with Crippen LogP contribution in [0.2, 0.25) is 5.02 Å². The quantitative estimate of drug-likeness (QED) is 0.337. The Morgan fingerprint density at radius 1 is 1.22 bits per heavy atom. The lowest BCUT2D eigenvalue weighted by Crippen LogP contribution is -2.43. The SMILES string of the molecule is NC(=O)[C@@H]1[C@H](Nc2c(Cl)cnc3c2N=C(c2cccc(C(=O)NC(CO)C(=O)O)c2)C3)[C@H]2C=C[C@@H]1C2. The van der Waals surface area contributed by atoms with Gasteiger partial charge in [0.2, 0.25) is 5.91 Å². The number of aliphatic hydroxyl groups excluding tert-OH is 1. The number of primary amides is 1. The first-order chi connectivity index (χ1) is 17.3. The van der Waals surface area contributed by atoms with Crippen LogP contribution in [-0.2, 0) is 16.0 Å². The van der Waals surface area contributed by atoms with Crippen molar-refractivity contribution in [3.63, 3.8) is 0 Å². The van der Waals surface area contributed by atoms with Crippen molar-refractivity contribution >= 4 is 46.5 Å². The molecule has 1 aromatic carbocycles. The molecule has 2 heterocycles. The van der Waals surface area contributed by atoms with Crippen molar-refractivity contribution in [2.45, 2.75) is 24.9 Å². The third-order valence-electron chi connectivity index (χ3n) is 7.01. The maximum Gasteiger partial charge on any atom is 0.328 e. The van der Waals surface area contributed by atoms with Crippen LogP contribution >= 0.6 is 11.6 Å². The van der Waals surface area contributed by atoms with Gasteiger partial charge in [-0.25, -0.2) is 9.79 Å². The fourth-order valence-corrected chi connectivity index (χ4v) is 5.44. The van der Waals surface area contributed by atoms with Crippen LogP contribution in [0.5, 0.6) is 0 Å². The van der Waals surface area contributed by atoms with Crippen LogP contribution in [0, 0.1) is 17.8 Å². The minimum Gasteiger partial charge on any atom is -0.480 e. The number of rotatable bonds is 8. The zero-order chi connectivity index (χ0) is 25.6. The maximum atomic E-state index is 12.5. The smallest absolute Gasteiger partial charge is 0.328 e. The summed E-state index contributed by atoms with van der Waals surface area (Å²) in [5, 5.41) is 24.4. The molecule has 186 valence electrons. The number of nitrogens with zero attached hydrogens (tertiary/aromatic N) is 2. The van der Waals surface area contributed by atoms with Gasteiger partial charge in [-0.2, -0.15) is 0 Å². The summed E-state index contributed by atoms with van der Waals surface area (Å²) in [5.41, 5.74) is 9.13. The number of hydrogen-bond acceptors (Lipinski definition) is 7. The number of aliphatic carboxylic acids is 1. The zero-order valence-corrected chi connectivity index (χ0v) is 19.8. The molecule has 1 unspecified atom stereocenters. The molecule has 1 saturated carbocycles. The molecule has 0 saturated heterocycles. The van der Waals surface area contributed by atoms with E-state index in [1.807, 2.05) is 0 Å². The van der Waals surface area contributed by atoms with Crippen molar-refractivity contribution in [1.29, 1.82) is 0 Å². The molecular weight excluding hydrogens is 486 g/mol. The van der Waals surface area contributed by atoms with Crippen LogP contribution in [-0.4, -0.2) is 57.4 Å². The van der Waals surface area contributed by atoms with Crippen molar-refractivity contribution in [2.75, 3.05) is 11.9 Å². The monoisotopic (exact) mass is 509 g/mol. The van der Waals surface area contributed by atoms with Gasteiger partial charge >= 0.3 is 5.97 Å². The average Bonchev–Trinajstić information content (AvgIpc) is 3.58. The topological polar surface area (TPSA) is 167 Å². The molecule has 2 bridgehead atoms. The van der Waals surface area contributed by atoms with E-state index in [9.17, 15) is 19.5 Å². The average molecular weight is 510 g/mol. The summed E-state index contributed by atoms with van der Waals surface area (Å²) in [5.74, 6) is -2.37. The molecule has 1 aliphatic heterocycles. The fourth-order valence-electron chi connectivity index (χ4n) is 5.25. The highest BCUT2D eigenvalue weighted by Gasteiger charge is 2.48. The van der Waals surface area contributed by atoms with Gasteiger partial charge in [0.1, 0.15) is 5.69 Å². The number of hydrogen-bond donors (Lipinski definition) is 5. The number of carbonyl (C=O) groups is 3. The number of nitrogens with two attached hydrogens (primary N) is 1. The number of aromatic nitrogens is 1. The number of anilines is 1. The summed E-state index contributed by atoms with van der Waals surface area (Å²) in [6.07, 6.45) is 6.97. The molecule has 36 heavy (non-hydrogen) atoms. The number of allylic oxidation sites excluding steroid dienone is 1. The second-order valence-electron chi connectivity index (χ2n) is 9.19. The summed E-state index contributed by atoms with van der Waals surface area (Å²) in [7, 11) is 0. The van der Waals surface area contributed by atoms with E-state index in [-0.39, 0.29) is 35.3 Å². The number of carboxylic acid groups (broad SMARTS) is 1. The lowest BCUT2D eigenvalue weighted by Gasteiger charge is -2.28. The molecule has 11 heteroatoms. The standard InChI is InChI=1S/C25H24ClN5O5/c26-15-9-28-17-8-16(11-2-1-3-14(6-11)24(34)30-18(10-32)25(35)36)29-22(17)21(15)31-20-13-5-4-12(7-13)19(20)23(27)33/h1-6,9,12-13,18-20,32H,7-8,10H2,(H2,27,33)(H,28,31)(H,30,34)(H,35,36)/t12-,13+,18?,19+,20-/m1/s1. The van der Waals surface area contributed by atoms with Crippen molar-refractivity contribution in [3.8, 4) is 0 Å². The van der Waals surface area contributed by atoms with E-state index in [4.69, 9.17) is 27.4 Å². The second-order valence-corrected chi connectivity index (χ2v) is 9.59. The number of fused-ring (bicyclic) bond motifs is 3. The number of amides is 2. The van der Waals surface area contributed by atoms with Gasteiger partial charge in [-0.3, -0.25) is 14.6 Å². The van der Waals surface area contributed by atoms with Crippen LogP contribution in [0.1, 0.15) is 28.0 Å². The highest BCUT2D eigenvalue weighted by molar-refractivity contribution is 6.34. The molecule has 2 aromatic rings. The third kappa shape index (κ3) is 4.22. The molecule has 0 spiro atoms. The number of halogens is 1. The first-order valence-corrected chi connectivity index (χ1v) is 11.9. The van der Waals surface area contributed by atoms with Gasteiger partial charge in [0.15, 0.2) is 6.04 Å². The number of nitrogens with one attached hydrogen (secondary N) is 2. The molecule has 10 nitrogen and oxygen atoms in total. The van der Waals surface area contributed by atoms with E-state index in [1.54, 1.807) is 30.5 Å². The summed E-state index contributed by atoms with van der Waals surface area (Å²) in [4.78, 5) is 45.0. The zero-order valence-electron chi connectivity index (χ0n) is 19.0. The van der Waals surface area contributed by atoms with Gasteiger partial charge in [0.25, 0.3) is 5.91 Å². The summed E-state index contributed by atoms with van der Waals surface area (Å²) in [6, 6.07) is 5.02. The fraction of sp³-hybridized carbons (Fsp3) is 0.320. The Balaban J connectivity index is 1.42. The molecule has 2 amide bonds.